The quantitative estimate of drug-likeness (QED) is 0.912. The summed E-state index contributed by atoms with van der Waals surface area (Å²) in [6.07, 6.45) is -0.935. The van der Waals surface area contributed by atoms with Crippen LogP contribution >= 0.6 is 0 Å². The summed E-state index contributed by atoms with van der Waals surface area (Å²) in [5.41, 5.74) is 2.21. The van der Waals surface area contributed by atoms with Crippen molar-refractivity contribution < 1.29 is 19.4 Å². The van der Waals surface area contributed by atoms with Crippen molar-refractivity contribution in [1.82, 2.24) is 9.80 Å². The van der Waals surface area contributed by atoms with Gasteiger partial charge in [0.2, 0.25) is 0 Å². The number of amides is 2. The van der Waals surface area contributed by atoms with Crippen LogP contribution in [0.3, 0.4) is 0 Å². The van der Waals surface area contributed by atoms with Crippen molar-refractivity contribution in [3.63, 3.8) is 0 Å². The van der Waals surface area contributed by atoms with Crippen LogP contribution in [-0.4, -0.2) is 59.8 Å². The second-order valence-corrected chi connectivity index (χ2v) is 5.27. The number of rotatable bonds is 3. The minimum atomic E-state index is -1.03. The van der Waals surface area contributed by atoms with Crippen LogP contribution < -0.4 is 0 Å². The van der Waals surface area contributed by atoms with E-state index >= 15 is 0 Å². The van der Waals surface area contributed by atoms with Crippen molar-refractivity contribution in [2.45, 2.75) is 19.6 Å². The summed E-state index contributed by atoms with van der Waals surface area (Å²) in [6, 6.07) is 7.80. The van der Waals surface area contributed by atoms with Crippen LogP contribution in [0.25, 0.3) is 0 Å². The van der Waals surface area contributed by atoms with E-state index in [2.05, 4.69) is 0 Å². The zero-order chi connectivity index (χ0) is 15.4. The molecule has 1 saturated heterocycles. The highest BCUT2D eigenvalue weighted by Crippen LogP contribution is 2.11. The lowest BCUT2D eigenvalue weighted by atomic mass is 10.1. The first-order chi connectivity index (χ1) is 9.97. The molecule has 0 aliphatic carbocycles. The molecule has 6 heteroatoms. The molecule has 114 valence electrons. The lowest BCUT2D eigenvalue weighted by Gasteiger charge is -2.33. The van der Waals surface area contributed by atoms with Gasteiger partial charge in [0.1, 0.15) is 0 Å². The number of carboxylic acid groups (broad SMARTS) is 1. The number of carboxylic acids is 1. The molecular formula is C15H20N2O4. The molecule has 1 aliphatic rings. The van der Waals surface area contributed by atoms with Crippen LogP contribution in [0.1, 0.15) is 11.1 Å². The zero-order valence-electron chi connectivity index (χ0n) is 12.3. The Morgan fingerprint density at radius 1 is 1.38 bits per heavy atom. The van der Waals surface area contributed by atoms with E-state index in [9.17, 15) is 9.59 Å². The lowest BCUT2D eigenvalue weighted by Crippen LogP contribution is -2.51. The summed E-state index contributed by atoms with van der Waals surface area (Å²) in [6.45, 7) is 3.26. The number of carbonyl (C=O) groups excluding carboxylic acids is 1. The summed E-state index contributed by atoms with van der Waals surface area (Å²) in [5, 5.41) is 8.96. The maximum absolute atomic E-state index is 12.3. The average molecular weight is 292 g/mol. The first-order valence-electron chi connectivity index (χ1n) is 6.87. The van der Waals surface area contributed by atoms with Crippen LogP contribution in [0.2, 0.25) is 0 Å². The molecule has 1 fully saturated rings. The highest BCUT2D eigenvalue weighted by Gasteiger charge is 2.30. The van der Waals surface area contributed by atoms with Gasteiger partial charge in [0.05, 0.1) is 13.2 Å². The summed E-state index contributed by atoms with van der Waals surface area (Å²) in [7, 11) is 1.72. The minimum absolute atomic E-state index is 0.0897. The maximum Gasteiger partial charge on any atom is 0.334 e. The molecule has 1 unspecified atom stereocenters. The standard InChI is InChI=1S/C15H20N2O4/c1-11-3-5-12(6-4-11)9-16(2)15(20)17-7-8-21-13(10-17)14(18)19/h3-6,13H,7-10H2,1-2H3,(H,18,19). The molecule has 1 aromatic carbocycles. The Bertz CT molecular complexity index is 515. The zero-order valence-corrected chi connectivity index (χ0v) is 12.3. The fourth-order valence-electron chi connectivity index (χ4n) is 2.25. The molecule has 21 heavy (non-hydrogen) atoms. The monoisotopic (exact) mass is 292 g/mol. The largest absolute Gasteiger partial charge is 0.479 e. The highest BCUT2D eigenvalue weighted by atomic mass is 16.5. The van der Waals surface area contributed by atoms with Gasteiger partial charge >= 0.3 is 12.0 Å². The molecular weight excluding hydrogens is 272 g/mol. The Morgan fingerprint density at radius 2 is 2.05 bits per heavy atom. The van der Waals surface area contributed by atoms with Crippen molar-refractivity contribution >= 4 is 12.0 Å². The normalized spacial score (nSPS) is 18.4. The van der Waals surface area contributed by atoms with E-state index in [1.807, 2.05) is 31.2 Å². The summed E-state index contributed by atoms with van der Waals surface area (Å²) >= 11 is 0. The number of ether oxygens (including phenoxy) is 1. The molecule has 1 atom stereocenters. The van der Waals surface area contributed by atoms with Crippen molar-refractivity contribution in [2.24, 2.45) is 0 Å². The number of nitrogens with zero attached hydrogens (tertiary/aromatic N) is 2. The molecule has 0 aromatic heterocycles. The van der Waals surface area contributed by atoms with Crippen LogP contribution in [0.4, 0.5) is 4.79 Å². The molecule has 1 aromatic rings. The second kappa shape index (κ2) is 6.58. The molecule has 0 bridgehead atoms. The molecule has 0 radical (unpaired) electrons. The van der Waals surface area contributed by atoms with Crippen molar-refractivity contribution in [3.05, 3.63) is 35.4 Å². The number of benzene rings is 1. The van der Waals surface area contributed by atoms with E-state index in [1.165, 1.54) is 10.5 Å². The Labute approximate surface area is 123 Å². The van der Waals surface area contributed by atoms with Crippen LogP contribution in [0.5, 0.6) is 0 Å². The molecule has 1 N–H and O–H groups in total. The van der Waals surface area contributed by atoms with E-state index in [0.717, 1.165) is 5.56 Å². The Kier molecular flexibility index (Phi) is 4.80. The SMILES string of the molecule is Cc1ccc(CN(C)C(=O)N2CCOC(C(=O)O)C2)cc1. The third kappa shape index (κ3) is 3.95. The van der Waals surface area contributed by atoms with E-state index in [1.54, 1.807) is 11.9 Å². The number of aliphatic carboxylic acids is 1. The highest BCUT2D eigenvalue weighted by molar-refractivity contribution is 5.77. The molecule has 2 rings (SSSR count). The van der Waals surface area contributed by atoms with Gasteiger partial charge in [-0.05, 0) is 12.5 Å². The van der Waals surface area contributed by atoms with Gasteiger partial charge in [0.25, 0.3) is 0 Å². The predicted molar refractivity (Wildman–Crippen MR) is 77.0 cm³/mol. The third-order valence-corrected chi connectivity index (χ3v) is 3.48. The Hall–Kier alpha value is -2.08. The smallest absolute Gasteiger partial charge is 0.334 e. The molecule has 0 saturated carbocycles. The summed E-state index contributed by atoms with van der Waals surface area (Å²) in [4.78, 5) is 26.4. The van der Waals surface area contributed by atoms with Gasteiger partial charge in [-0.25, -0.2) is 9.59 Å². The maximum atomic E-state index is 12.3. The van der Waals surface area contributed by atoms with Gasteiger partial charge in [0.15, 0.2) is 6.10 Å². The van der Waals surface area contributed by atoms with Crippen LogP contribution in [0, 0.1) is 6.92 Å². The van der Waals surface area contributed by atoms with Gasteiger partial charge in [-0.3, -0.25) is 0 Å². The van der Waals surface area contributed by atoms with Gasteiger partial charge < -0.3 is 19.6 Å². The van der Waals surface area contributed by atoms with E-state index in [-0.39, 0.29) is 19.2 Å². The van der Waals surface area contributed by atoms with Crippen molar-refractivity contribution in [2.75, 3.05) is 26.7 Å². The number of hydrogen-bond donors (Lipinski definition) is 1. The molecule has 1 aliphatic heterocycles. The number of carbonyl (C=O) groups is 2. The van der Waals surface area contributed by atoms with Gasteiger partial charge in [0, 0.05) is 20.1 Å². The van der Waals surface area contributed by atoms with Crippen LogP contribution in [-0.2, 0) is 16.1 Å². The molecule has 2 amide bonds. The third-order valence-electron chi connectivity index (χ3n) is 3.48. The van der Waals surface area contributed by atoms with Gasteiger partial charge in [-0.2, -0.15) is 0 Å². The molecule has 1 heterocycles. The Morgan fingerprint density at radius 3 is 2.67 bits per heavy atom. The van der Waals surface area contributed by atoms with Crippen molar-refractivity contribution in [3.8, 4) is 0 Å². The molecule has 6 nitrogen and oxygen atoms in total. The summed E-state index contributed by atoms with van der Waals surface area (Å²) in [5.74, 6) is -1.03. The fraction of sp³-hybridized carbons (Fsp3) is 0.467. The first kappa shape index (κ1) is 15.3. The van der Waals surface area contributed by atoms with Crippen LogP contribution in [0.15, 0.2) is 24.3 Å². The average Bonchev–Trinajstić information content (AvgIpc) is 2.49. The van der Waals surface area contributed by atoms with Crippen molar-refractivity contribution in [1.29, 1.82) is 0 Å². The lowest BCUT2D eigenvalue weighted by molar-refractivity contribution is -0.154. The van der Waals surface area contributed by atoms with E-state index in [4.69, 9.17) is 9.84 Å². The predicted octanol–water partition coefficient (Wildman–Crippen LogP) is 1.33. The van der Waals surface area contributed by atoms with E-state index < -0.39 is 12.1 Å². The number of morpholine rings is 1. The van der Waals surface area contributed by atoms with Gasteiger partial charge in [-0.1, -0.05) is 29.8 Å². The fourth-order valence-corrected chi connectivity index (χ4v) is 2.25. The Balaban J connectivity index is 1.95. The molecule has 0 spiro atoms. The topological polar surface area (TPSA) is 70.1 Å². The van der Waals surface area contributed by atoms with Gasteiger partial charge in [-0.15, -0.1) is 0 Å². The number of aryl methyl sites for hydroxylation is 1. The number of hydrogen-bond acceptors (Lipinski definition) is 3. The number of urea groups is 1. The minimum Gasteiger partial charge on any atom is -0.479 e. The van der Waals surface area contributed by atoms with E-state index in [0.29, 0.717) is 13.1 Å². The first-order valence-corrected chi connectivity index (χ1v) is 6.87. The summed E-state index contributed by atoms with van der Waals surface area (Å²) < 4.78 is 5.12. The second-order valence-electron chi connectivity index (χ2n) is 5.27.